The summed E-state index contributed by atoms with van der Waals surface area (Å²) in [5.74, 6) is 0.965. The Balaban J connectivity index is 2.11. The van der Waals surface area contributed by atoms with E-state index in [1.165, 1.54) is 15.4 Å². The number of rotatable bonds is 7. The maximum Gasteiger partial charge on any atom is 0.122 e. The molecular formula is C17H24N2OS. The Labute approximate surface area is 131 Å². The van der Waals surface area contributed by atoms with Crippen LogP contribution in [0, 0.1) is 13.8 Å². The van der Waals surface area contributed by atoms with Crippen molar-refractivity contribution in [2.24, 2.45) is 0 Å². The lowest BCUT2D eigenvalue weighted by molar-refractivity contribution is 0.404. The first kappa shape index (κ1) is 16.0. The van der Waals surface area contributed by atoms with E-state index in [0.717, 1.165) is 30.8 Å². The summed E-state index contributed by atoms with van der Waals surface area (Å²) in [5, 5.41) is 4.78. The number of aromatic nitrogens is 1. The van der Waals surface area contributed by atoms with Crippen LogP contribution in [0.1, 0.15) is 28.1 Å². The highest BCUT2D eigenvalue weighted by atomic mass is 32.1. The molecule has 0 radical (unpaired) electrons. The van der Waals surface area contributed by atoms with Crippen molar-refractivity contribution >= 4 is 11.3 Å². The van der Waals surface area contributed by atoms with Crippen LogP contribution < -0.4 is 10.1 Å². The molecule has 0 bridgehead atoms. The molecule has 0 aliphatic carbocycles. The van der Waals surface area contributed by atoms with Gasteiger partial charge in [0.1, 0.15) is 5.75 Å². The Hall–Kier alpha value is -1.39. The van der Waals surface area contributed by atoms with Crippen LogP contribution in [0.4, 0.5) is 0 Å². The molecule has 0 saturated heterocycles. The van der Waals surface area contributed by atoms with Crippen molar-refractivity contribution in [2.75, 3.05) is 13.7 Å². The van der Waals surface area contributed by atoms with Crippen LogP contribution in [0.15, 0.2) is 24.3 Å². The lowest BCUT2D eigenvalue weighted by Crippen LogP contribution is -2.33. The molecule has 2 aromatic rings. The Kier molecular flexibility index (Phi) is 5.76. The molecule has 1 aromatic carbocycles. The number of aryl methyl sites for hydroxylation is 2. The molecule has 0 aliphatic heterocycles. The first-order valence-electron chi connectivity index (χ1n) is 7.42. The topological polar surface area (TPSA) is 34.2 Å². The van der Waals surface area contributed by atoms with E-state index in [4.69, 9.17) is 4.74 Å². The molecular weight excluding hydrogens is 280 g/mol. The molecule has 21 heavy (non-hydrogen) atoms. The summed E-state index contributed by atoms with van der Waals surface area (Å²) >= 11 is 1.81. The Morgan fingerprint density at radius 1 is 1.24 bits per heavy atom. The number of para-hydroxylation sites is 1. The molecule has 1 heterocycles. The molecule has 1 atom stereocenters. The molecule has 0 fully saturated rings. The monoisotopic (exact) mass is 304 g/mol. The minimum absolute atomic E-state index is 0.385. The third-order valence-corrected chi connectivity index (χ3v) is 4.74. The van der Waals surface area contributed by atoms with E-state index in [9.17, 15) is 0 Å². The van der Waals surface area contributed by atoms with Crippen molar-refractivity contribution in [2.45, 2.75) is 39.7 Å². The fourth-order valence-electron chi connectivity index (χ4n) is 2.48. The van der Waals surface area contributed by atoms with Gasteiger partial charge in [0, 0.05) is 17.3 Å². The van der Waals surface area contributed by atoms with Gasteiger partial charge in [-0.1, -0.05) is 25.1 Å². The average molecular weight is 304 g/mol. The summed E-state index contributed by atoms with van der Waals surface area (Å²) in [6.45, 7) is 7.33. The van der Waals surface area contributed by atoms with Crippen LogP contribution in [-0.4, -0.2) is 24.7 Å². The third kappa shape index (κ3) is 4.29. The fourth-order valence-corrected chi connectivity index (χ4v) is 3.49. The van der Waals surface area contributed by atoms with Gasteiger partial charge in [-0.15, -0.1) is 11.3 Å². The van der Waals surface area contributed by atoms with Gasteiger partial charge in [0.15, 0.2) is 0 Å². The maximum atomic E-state index is 5.46. The van der Waals surface area contributed by atoms with Crippen LogP contribution >= 0.6 is 11.3 Å². The highest BCUT2D eigenvalue weighted by molar-refractivity contribution is 7.11. The number of ether oxygens (including phenoxy) is 1. The average Bonchev–Trinajstić information content (AvgIpc) is 2.78. The Bertz CT molecular complexity index is 560. The summed E-state index contributed by atoms with van der Waals surface area (Å²) in [6, 6.07) is 8.63. The quantitative estimate of drug-likeness (QED) is 0.849. The van der Waals surface area contributed by atoms with Crippen molar-refractivity contribution in [3.63, 3.8) is 0 Å². The van der Waals surface area contributed by atoms with E-state index in [2.05, 4.69) is 43.2 Å². The molecule has 1 N–H and O–H groups in total. The van der Waals surface area contributed by atoms with Crippen molar-refractivity contribution in [1.82, 2.24) is 10.3 Å². The van der Waals surface area contributed by atoms with Gasteiger partial charge >= 0.3 is 0 Å². The molecule has 2 rings (SSSR count). The Morgan fingerprint density at radius 2 is 2.00 bits per heavy atom. The first-order valence-corrected chi connectivity index (χ1v) is 8.23. The van der Waals surface area contributed by atoms with Gasteiger partial charge in [-0.05, 0) is 38.4 Å². The smallest absolute Gasteiger partial charge is 0.122 e. The van der Waals surface area contributed by atoms with Crippen molar-refractivity contribution in [3.05, 3.63) is 45.4 Å². The lowest BCUT2D eigenvalue weighted by atomic mass is 10.0. The number of methoxy groups -OCH3 is 1. The second-order valence-corrected chi connectivity index (χ2v) is 6.51. The number of likely N-dealkylation sites (N-methyl/N-ethyl adjacent to an activating group) is 1. The number of hydrogen-bond acceptors (Lipinski definition) is 4. The molecule has 0 saturated carbocycles. The number of thiazole rings is 1. The summed E-state index contributed by atoms with van der Waals surface area (Å²) < 4.78 is 5.46. The summed E-state index contributed by atoms with van der Waals surface area (Å²) in [7, 11) is 1.73. The van der Waals surface area contributed by atoms with E-state index in [1.807, 2.05) is 12.1 Å². The van der Waals surface area contributed by atoms with Gasteiger partial charge in [-0.2, -0.15) is 0 Å². The third-order valence-electron chi connectivity index (χ3n) is 3.65. The van der Waals surface area contributed by atoms with Crippen molar-refractivity contribution in [3.8, 4) is 5.75 Å². The van der Waals surface area contributed by atoms with Gasteiger partial charge in [-0.25, -0.2) is 4.98 Å². The molecule has 0 amide bonds. The predicted molar refractivity (Wildman–Crippen MR) is 89.5 cm³/mol. The first-order chi connectivity index (χ1) is 10.1. The lowest BCUT2D eigenvalue weighted by Gasteiger charge is -2.18. The van der Waals surface area contributed by atoms with Crippen LogP contribution in [-0.2, 0) is 12.8 Å². The highest BCUT2D eigenvalue weighted by Gasteiger charge is 2.15. The maximum absolute atomic E-state index is 5.46. The summed E-state index contributed by atoms with van der Waals surface area (Å²) in [4.78, 5) is 5.98. The molecule has 4 heteroatoms. The standard InChI is InChI=1S/C17H24N2OS/c1-5-18-15(11-17-19-12(2)13(3)21-17)10-14-8-6-7-9-16(14)20-4/h6-9,15,18H,5,10-11H2,1-4H3. The number of benzene rings is 1. The minimum atomic E-state index is 0.385. The van der Waals surface area contributed by atoms with Gasteiger partial charge in [0.05, 0.1) is 17.8 Å². The summed E-state index contributed by atoms with van der Waals surface area (Å²) in [6.07, 6.45) is 1.92. The van der Waals surface area contributed by atoms with Gasteiger partial charge in [-0.3, -0.25) is 0 Å². The molecule has 0 aliphatic rings. The molecule has 114 valence electrons. The summed E-state index contributed by atoms with van der Waals surface area (Å²) in [5.41, 5.74) is 2.40. The number of nitrogens with zero attached hydrogens (tertiary/aromatic N) is 1. The highest BCUT2D eigenvalue weighted by Crippen LogP contribution is 2.22. The normalized spacial score (nSPS) is 12.4. The van der Waals surface area contributed by atoms with Crippen LogP contribution in [0.2, 0.25) is 0 Å². The molecule has 0 spiro atoms. The predicted octanol–water partition coefficient (Wildman–Crippen LogP) is 3.53. The van der Waals surface area contributed by atoms with Crippen LogP contribution in [0.3, 0.4) is 0 Å². The van der Waals surface area contributed by atoms with Gasteiger partial charge < -0.3 is 10.1 Å². The van der Waals surface area contributed by atoms with Gasteiger partial charge in [0.2, 0.25) is 0 Å². The number of hydrogen-bond donors (Lipinski definition) is 1. The van der Waals surface area contributed by atoms with E-state index in [0.29, 0.717) is 6.04 Å². The second kappa shape index (κ2) is 7.57. The fraction of sp³-hybridized carbons (Fsp3) is 0.471. The zero-order valence-corrected chi connectivity index (χ0v) is 14.1. The number of nitrogens with one attached hydrogen (secondary N) is 1. The zero-order chi connectivity index (χ0) is 15.2. The van der Waals surface area contributed by atoms with E-state index >= 15 is 0 Å². The molecule has 1 unspecified atom stereocenters. The second-order valence-electron chi connectivity index (χ2n) is 5.22. The zero-order valence-electron chi connectivity index (χ0n) is 13.3. The van der Waals surface area contributed by atoms with Crippen molar-refractivity contribution < 1.29 is 4.74 Å². The SMILES string of the molecule is CCNC(Cc1nc(C)c(C)s1)Cc1ccccc1OC. The van der Waals surface area contributed by atoms with E-state index < -0.39 is 0 Å². The largest absolute Gasteiger partial charge is 0.496 e. The van der Waals surface area contributed by atoms with Crippen LogP contribution in [0.25, 0.3) is 0 Å². The van der Waals surface area contributed by atoms with Crippen LogP contribution in [0.5, 0.6) is 5.75 Å². The minimum Gasteiger partial charge on any atom is -0.496 e. The van der Waals surface area contributed by atoms with E-state index in [-0.39, 0.29) is 0 Å². The molecule has 3 nitrogen and oxygen atoms in total. The van der Waals surface area contributed by atoms with Crippen molar-refractivity contribution in [1.29, 1.82) is 0 Å². The van der Waals surface area contributed by atoms with E-state index in [1.54, 1.807) is 18.4 Å². The molecule has 1 aromatic heterocycles. The Morgan fingerprint density at radius 3 is 2.62 bits per heavy atom. The van der Waals surface area contributed by atoms with Gasteiger partial charge in [0.25, 0.3) is 0 Å².